The van der Waals surface area contributed by atoms with Crippen molar-refractivity contribution < 1.29 is 9.18 Å². The van der Waals surface area contributed by atoms with Gasteiger partial charge in [-0.1, -0.05) is 20.3 Å². The number of nitrogens with one attached hydrogen (secondary N) is 1. The fraction of sp³-hybridized carbons (Fsp3) is 0.385. The molecule has 0 fully saturated rings. The van der Waals surface area contributed by atoms with E-state index < -0.39 is 5.82 Å². The zero-order valence-corrected chi connectivity index (χ0v) is 9.96. The molecule has 1 aromatic rings. The lowest BCUT2D eigenvalue weighted by Gasteiger charge is -2.12. The van der Waals surface area contributed by atoms with Gasteiger partial charge in [0, 0.05) is 5.92 Å². The van der Waals surface area contributed by atoms with E-state index in [1.807, 2.05) is 19.9 Å². The maximum absolute atomic E-state index is 12.9. The second kappa shape index (κ2) is 6.00. The molecule has 1 atom stereocenters. The van der Waals surface area contributed by atoms with Gasteiger partial charge >= 0.3 is 0 Å². The Balaban J connectivity index is 2.82. The van der Waals surface area contributed by atoms with Crippen LogP contribution >= 0.6 is 0 Å². The number of halogens is 1. The minimum absolute atomic E-state index is 0.114. The average molecular weight is 234 g/mol. The molecule has 1 unspecified atom stereocenters. The zero-order valence-electron chi connectivity index (χ0n) is 9.96. The second-order valence-corrected chi connectivity index (χ2v) is 3.98. The first-order valence-electron chi connectivity index (χ1n) is 5.59. The van der Waals surface area contributed by atoms with Gasteiger partial charge in [-0.2, -0.15) is 5.26 Å². The number of hydrogen-bond acceptors (Lipinski definition) is 2. The standard InChI is InChI=1S/C13H15FN2O/c1-3-4-9(2)13(17)16-12-6-5-11(14)7-10(12)8-15/h5-7,9H,3-4H2,1-2H3,(H,16,17). The summed E-state index contributed by atoms with van der Waals surface area (Å²) in [6.45, 7) is 3.83. The summed E-state index contributed by atoms with van der Waals surface area (Å²) < 4.78 is 12.9. The molecule has 3 nitrogen and oxygen atoms in total. The number of amides is 1. The number of nitriles is 1. The third kappa shape index (κ3) is 3.56. The van der Waals surface area contributed by atoms with E-state index in [1.165, 1.54) is 12.1 Å². The Hall–Kier alpha value is -1.89. The molecule has 1 rings (SSSR count). The Labute approximate surface area is 100 Å². The number of nitrogens with zero attached hydrogens (tertiary/aromatic N) is 1. The molecule has 1 aromatic carbocycles. The van der Waals surface area contributed by atoms with Crippen LogP contribution in [-0.4, -0.2) is 5.91 Å². The molecule has 0 aliphatic heterocycles. The van der Waals surface area contributed by atoms with Gasteiger partial charge < -0.3 is 5.32 Å². The molecule has 0 saturated carbocycles. The van der Waals surface area contributed by atoms with E-state index in [0.717, 1.165) is 18.9 Å². The van der Waals surface area contributed by atoms with Crippen LogP contribution in [0.15, 0.2) is 18.2 Å². The predicted molar refractivity (Wildman–Crippen MR) is 63.8 cm³/mol. The smallest absolute Gasteiger partial charge is 0.227 e. The van der Waals surface area contributed by atoms with Crippen LogP contribution < -0.4 is 5.32 Å². The SMILES string of the molecule is CCCC(C)C(=O)Nc1ccc(F)cc1C#N. The van der Waals surface area contributed by atoms with Crippen molar-refractivity contribution in [3.8, 4) is 6.07 Å². The zero-order chi connectivity index (χ0) is 12.8. The monoisotopic (exact) mass is 234 g/mol. The summed E-state index contributed by atoms with van der Waals surface area (Å²) in [5.41, 5.74) is 0.504. The molecule has 0 aromatic heterocycles. The minimum Gasteiger partial charge on any atom is -0.325 e. The van der Waals surface area contributed by atoms with Gasteiger partial charge in [0.1, 0.15) is 11.9 Å². The van der Waals surface area contributed by atoms with E-state index in [4.69, 9.17) is 5.26 Å². The van der Waals surface area contributed by atoms with Gasteiger partial charge in [-0.05, 0) is 24.6 Å². The Morgan fingerprint density at radius 2 is 2.29 bits per heavy atom. The molecule has 17 heavy (non-hydrogen) atoms. The number of hydrogen-bond donors (Lipinski definition) is 1. The number of anilines is 1. The molecule has 0 heterocycles. The third-order valence-electron chi connectivity index (χ3n) is 2.53. The van der Waals surface area contributed by atoms with E-state index in [1.54, 1.807) is 0 Å². The molecule has 90 valence electrons. The number of carbonyl (C=O) groups is 1. The van der Waals surface area contributed by atoms with Crippen molar-refractivity contribution in [3.05, 3.63) is 29.6 Å². The lowest BCUT2D eigenvalue weighted by atomic mass is 10.1. The highest BCUT2D eigenvalue weighted by molar-refractivity contribution is 5.93. The molecule has 1 amide bonds. The molecule has 1 N–H and O–H groups in total. The summed E-state index contributed by atoms with van der Waals surface area (Å²) in [4.78, 5) is 11.7. The van der Waals surface area contributed by atoms with E-state index in [0.29, 0.717) is 5.69 Å². The van der Waals surface area contributed by atoms with Gasteiger partial charge in [0.15, 0.2) is 0 Å². The van der Waals surface area contributed by atoms with Crippen molar-refractivity contribution in [2.24, 2.45) is 5.92 Å². The van der Waals surface area contributed by atoms with Crippen LogP contribution in [0, 0.1) is 23.1 Å². The van der Waals surface area contributed by atoms with Crippen molar-refractivity contribution in [1.29, 1.82) is 5.26 Å². The quantitative estimate of drug-likeness (QED) is 0.870. The summed E-state index contributed by atoms with van der Waals surface area (Å²) >= 11 is 0. The second-order valence-electron chi connectivity index (χ2n) is 3.98. The van der Waals surface area contributed by atoms with Crippen LogP contribution in [-0.2, 0) is 4.79 Å². The summed E-state index contributed by atoms with van der Waals surface area (Å²) in [6, 6.07) is 5.60. The van der Waals surface area contributed by atoms with Crippen LogP contribution in [0.5, 0.6) is 0 Å². The first kappa shape index (κ1) is 13.2. The molecule has 0 saturated heterocycles. The molecular formula is C13H15FN2O. The Morgan fingerprint density at radius 1 is 1.59 bits per heavy atom. The van der Waals surface area contributed by atoms with E-state index >= 15 is 0 Å². The molecule has 0 aliphatic rings. The van der Waals surface area contributed by atoms with Crippen LogP contribution in [0.4, 0.5) is 10.1 Å². The Bertz CT molecular complexity index is 451. The first-order chi connectivity index (χ1) is 8.08. The minimum atomic E-state index is -0.485. The summed E-state index contributed by atoms with van der Waals surface area (Å²) in [5, 5.41) is 11.5. The van der Waals surface area contributed by atoms with Gasteiger partial charge in [0.05, 0.1) is 11.3 Å². The lowest BCUT2D eigenvalue weighted by molar-refractivity contribution is -0.119. The molecule has 0 bridgehead atoms. The van der Waals surface area contributed by atoms with Gasteiger partial charge in [0.2, 0.25) is 5.91 Å². The molecule has 4 heteroatoms. The van der Waals surface area contributed by atoms with Crippen molar-refractivity contribution in [2.45, 2.75) is 26.7 Å². The third-order valence-corrected chi connectivity index (χ3v) is 2.53. The van der Waals surface area contributed by atoms with E-state index in [9.17, 15) is 9.18 Å². The topological polar surface area (TPSA) is 52.9 Å². The van der Waals surface area contributed by atoms with Gasteiger partial charge in [-0.3, -0.25) is 4.79 Å². The molecule has 0 radical (unpaired) electrons. The highest BCUT2D eigenvalue weighted by Gasteiger charge is 2.13. The van der Waals surface area contributed by atoms with Crippen molar-refractivity contribution in [1.82, 2.24) is 0 Å². The molecule has 0 spiro atoms. The van der Waals surface area contributed by atoms with Gasteiger partial charge in [-0.15, -0.1) is 0 Å². The first-order valence-corrected chi connectivity index (χ1v) is 5.59. The maximum atomic E-state index is 12.9. The van der Waals surface area contributed by atoms with Gasteiger partial charge in [0.25, 0.3) is 0 Å². The van der Waals surface area contributed by atoms with Gasteiger partial charge in [-0.25, -0.2) is 4.39 Å². The normalized spacial score (nSPS) is 11.6. The molecular weight excluding hydrogens is 219 g/mol. The summed E-state index contributed by atoms with van der Waals surface area (Å²) in [7, 11) is 0. The number of carbonyl (C=O) groups excluding carboxylic acids is 1. The van der Waals surface area contributed by atoms with Crippen molar-refractivity contribution in [2.75, 3.05) is 5.32 Å². The van der Waals surface area contributed by atoms with E-state index in [2.05, 4.69) is 5.32 Å². The lowest BCUT2D eigenvalue weighted by Crippen LogP contribution is -2.20. The summed E-state index contributed by atoms with van der Waals surface area (Å²) in [5.74, 6) is -0.743. The van der Waals surface area contributed by atoms with E-state index in [-0.39, 0.29) is 17.4 Å². The Kier molecular flexibility index (Phi) is 4.65. The highest BCUT2D eigenvalue weighted by Crippen LogP contribution is 2.17. The van der Waals surface area contributed by atoms with Crippen molar-refractivity contribution in [3.63, 3.8) is 0 Å². The largest absolute Gasteiger partial charge is 0.325 e. The van der Waals surface area contributed by atoms with Crippen LogP contribution in [0.3, 0.4) is 0 Å². The summed E-state index contributed by atoms with van der Waals surface area (Å²) in [6.07, 6.45) is 1.71. The Morgan fingerprint density at radius 3 is 2.88 bits per heavy atom. The number of benzene rings is 1. The predicted octanol–water partition coefficient (Wildman–Crippen LogP) is 3.07. The fourth-order valence-corrected chi connectivity index (χ4v) is 1.54. The van der Waals surface area contributed by atoms with Crippen LogP contribution in [0.2, 0.25) is 0 Å². The highest BCUT2D eigenvalue weighted by atomic mass is 19.1. The van der Waals surface area contributed by atoms with Crippen molar-refractivity contribution >= 4 is 11.6 Å². The van der Waals surface area contributed by atoms with Crippen LogP contribution in [0.1, 0.15) is 32.3 Å². The average Bonchev–Trinajstić information content (AvgIpc) is 2.31. The number of rotatable bonds is 4. The molecule has 0 aliphatic carbocycles. The van der Waals surface area contributed by atoms with Crippen LogP contribution in [0.25, 0.3) is 0 Å². The fourth-order valence-electron chi connectivity index (χ4n) is 1.54. The maximum Gasteiger partial charge on any atom is 0.227 e.